The normalized spacial score (nSPS) is 17.7. The number of likely N-dealkylation sites (tertiary alicyclic amines) is 1. The summed E-state index contributed by atoms with van der Waals surface area (Å²) in [6.45, 7) is 3.28. The van der Waals surface area contributed by atoms with E-state index in [1.165, 1.54) is 32.4 Å². The Morgan fingerprint density at radius 1 is 1.12 bits per heavy atom. The SMILES string of the molecule is Clc1ccc(CN2CCCCC2)c(Cl)c1Br. The lowest BCUT2D eigenvalue weighted by Gasteiger charge is -2.26. The molecule has 0 N–H and O–H groups in total. The van der Waals surface area contributed by atoms with Gasteiger partial charge in [-0.15, -0.1) is 0 Å². The Morgan fingerprint density at radius 2 is 1.81 bits per heavy atom. The Bertz CT molecular complexity index is 376. The summed E-state index contributed by atoms with van der Waals surface area (Å²) in [5, 5.41) is 1.42. The van der Waals surface area contributed by atoms with Crippen LogP contribution in [0.15, 0.2) is 16.6 Å². The topological polar surface area (TPSA) is 3.24 Å². The smallest absolute Gasteiger partial charge is 0.0608 e. The van der Waals surface area contributed by atoms with Crippen molar-refractivity contribution in [3.8, 4) is 0 Å². The van der Waals surface area contributed by atoms with Gasteiger partial charge in [0, 0.05) is 6.54 Å². The van der Waals surface area contributed by atoms with Crippen molar-refractivity contribution in [2.24, 2.45) is 0 Å². The number of benzene rings is 1. The van der Waals surface area contributed by atoms with Crippen LogP contribution in [0, 0.1) is 0 Å². The maximum atomic E-state index is 6.26. The second-order valence-corrected chi connectivity index (χ2v) is 5.75. The molecule has 0 unspecified atom stereocenters. The van der Waals surface area contributed by atoms with Gasteiger partial charge in [-0.25, -0.2) is 0 Å². The first-order valence-corrected chi connectivity index (χ1v) is 7.08. The van der Waals surface area contributed by atoms with Crippen molar-refractivity contribution >= 4 is 39.1 Å². The van der Waals surface area contributed by atoms with E-state index in [9.17, 15) is 0 Å². The zero-order valence-electron chi connectivity index (χ0n) is 8.98. The highest BCUT2D eigenvalue weighted by Gasteiger charge is 2.14. The van der Waals surface area contributed by atoms with E-state index in [1.54, 1.807) is 0 Å². The van der Waals surface area contributed by atoms with Crippen LogP contribution in [0.4, 0.5) is 0 Å². The van der Waals surface area contributed by atoms with Crippen LogP contribution in [-0.2, 0) is 6.54 Å². The molecule has 88 valence electrons. The molecule has 0 saturated carbocycles. The molecule has 1 aliphatic rings. The molecule has 0 aliphatic carbocycles. The fraction of sp³-hybridized carbons (Fsp3) is 0.500. The number of halogens is 3. The first-order chi connectivity index (χ1) is 7.68. The average molecular weight is 323 g/mol. The van der Waals surface area contributed by atoms with Crippen molar-refractivity contribution in [1.29, 1.82) is 0 Å². The van der Waals surface area contributed by atoms with Gasteiger partial charge < -0.3 is 0 Å². The van der Waals surface area contributed by atoms with Crippen molar-refractivity contribution in [2.45, 2.75) is 25.8 Å². The fourth-order valence-electron chi connectivity index (χ4n) is 2.05. The van der Waals surface area contributed by atoms with Crippen molar-refractivity contribution in [3.05, 3.63) is 32.2 Å². The van der Waals surface area contributed by atoms with Crippen molar-refractivity contribution in [1.82, 2.24) is 4.90 Å². The maximum Gasteiger partial charge on any atom is 0.0608 e. The van der Waals surface area contributed by atoms with E-state index < -0.39 is 0 Å². The summed E-state index contributed by atoms with van der Waals surface area (Å²) < 4.78 is 0.811. The molecule has 0 aromatic heterocycles. The van der Waals surface area contributed by atoms with Crippen LogP contribution in [0.3, 0.4) is 0 Å². The monoisotopic (exact) mass is 321 g/mol. The van der Waals surface area contributed by atoms with Gasteiger partial charge in [-0.3, -0.25) is 4.90 Å². The van der Waals surface area contributed by atoms with Crippen molar-refractivity contribution < 1.29 is 0 Å². The Morgan fingerprint density at radius 3 is 2.50 bits per heavy atom. The average Bonchev–Trinajstić information content (AvgIpc) is 2.31. The molecule has 0 radical (unpaired) electrons. The zero-order chi connectivity index (χ0) is 11.5. The van der Waals surface area contributed by atoms with E-state index in [4.69, 9.17) is 23.2 Å². The summed E-state index contributed by atoms with van der Waals surface area (Å²) in [6.07, 6.45) is 3.95. The van der Waals surface area contributed by atoms with Crippen LogP contribution in [0.1, 0.15) is 24.8 Å². The van der Waals surface area contributed by atoms with E-state index in [1.807, 2.05) is 12.1 Å². The van der Waals surface area contributed by atoms with Gasteiger partial charge >= 0.3 is 0 Å². The molecular formula is C12H14BrCl2N. The summed E-state index contributed by atoms with van der Waals surface area (Å²) in [5.41, 5.74) is 1.15. The largest absolute Gasteiger partial charge is 0.299 e. The quantitative estimate of drug-likeness (QED) is 0.711. The van der Waals surface area contributed by atoms with E-state index in [0.717, 1.165) is 21.6 Å². The van der Waals surface area contributed by atoms with Gasteiger partial charge in [-0.1, -0.05) is 35.7 Å². The first-order valence-electron chi connectivity index (χ1n) is 5.53. The minimum absolute atomic E-state index is 0.674. The number of rotatable bonds is 2. The lowest BCUT2D eigenvalue weighted by atomic mass is 10.1. The molecule has 0 atom stereocenters. The summed E-state index contributed by atoms with van der Waals surface area (Å²) in [7, 11) is 0. The zero-order valence-corrected chi connectivity index (χ0v) is 12.1. The summed E-state index contributed by atoms with van der Waals surface area (Å²) in [6, 6.07) is 3.92. The highest BCUT2D eigenvalue weighted by atomic mass is 79.9. The lowest BCUT2D eigenvalue weighted by molar-refractivity contribution is 0.221. The molecule has 0 bridgehead atoms. The van der Waals surface area contributed by atoms with Crippen LogP contribution < -0.4 is 0 Å². The Balaban J connectivity index is 2.11. The molecule has 16 heavy (non-hydrogen) atoms. The van der Waals surface area contributed by atoms with E-state index >= 15 is 0 Å². The molecule has 0 spiro atoms. The molecule has 1 heterocycles. The van der Waals surface area contributed by atoms with E-state index in [2.05, 4.69) is 20.8 Å². The highest BCUT2D eigenvalue weighted by molar-refractivity contribution is 9.10. The van der Waals surface area contributed by atoms with Gasteiger partial charge in [0.1, 0.15) is 0 Å². The third-order valence-electron chi connectivity index (χ3n) is 2.96. The van der Waals surface area contributed by atoms with Gasteiger partial charge in [0.05, 0.1) is 14.5 Å². The molecule has 1 saturated heterocycles. The van der Waals surface area contributed by atoms with Crippen LogP contribution in [0.5, 0.6) is 0 Å². The molecule has 0 amide bonds. The third-order valence-corrected chi connectivity index (χ3v) is 4.98. The Kier molecular flexibility index (Phi) is 4.54. The van der Waals surface area contributed by atoms with E-state index in [-0.39, 0.29) is 0 Å². The van der Waals surface area contributed by atoms with Gasteiger partial charge in [0.2, 0.25) is 0 Å². The highest BCUT2D eigenvalue weighted by Crippen LogP contribution is 2.33. The maximum absolute atomic E-state index is 6.26. The Hall–Kier alpha value is 0.240. The molecule has 4 heteroatoms. The molecule has 1 aliphatic heterocycles. The second kappa shape index (κ2) is 5.72. The number of nitrogens with zero attached hydrogens (tertiary/aromatic N) is 1. The van der Waals surface area contributed by atoms with Crippen LogP contribution in [0.2, 0.25) is 10.0 Å². The van der Waals surface area contributed by atoms with Crippen LogP contribution in [0.25, 0.3) is 0 Å². The predicted molar refractivity (Wildman–Crippen MR) is 73.3 cm³/mol. The summed E-state index contributed by atoms with van der Waals surface area (Å²) >= 11 is 15.7. The van der Waals surface area contributed by atoms with Crippen LogP contribution in [-0.4, -0.2) is 18.0 Å². The van der Waals surface area contributed by atoms with Gasteiger partial charge in [0.15, 0.2) is 0 Å². The lowest BCUT2D eigenvalue weighted by Crippen LogP contribution is -2.29. The molecule has 1 fully saturated rings. The minimum Gasteiger partial charge on any atom is -0.299 e. The van der Waals surface area contributed by atoms with Gasteiger partial charge in [-0.2, -0.15) is 0 Å². The predicted octanol–water partition coefficient (Wildman–Crippen LogP) is 4.74. The standard InChI is InChI=1S/C12H14BrCl2N/c13-11-10(14)5-4-9(12(11)15)8-16-6-2-1-3-7-16/h4-5H,1-3,6-8H2. The number of hydrogen-bond donors (Lipinski definition) is 0. The fourth-order valence-corrected chi connectivity index (χ4v) is 2.86. The molecular weight excluding hydrogens is 309 g/mol. The minimum atomic E-state index is 0.674. The van der Waals surface area contributed by atoms with Gasteiger partial charge in [0.25, 0.3) is 0 Å². The first kappa shape index (κ1) is 12.7. The summed E-state index contributed by atoms with van der Waals surface area (Å²) in [5.74, 6) is 0. The molecule has 1 nitrogen and oxygen atoms in total. The number of hydrogen-bond acceptors (Lipinski definition) is 1. The third kappa shape index (κ3) is 2.92. The second-order valence-electron chi connectivity index (χ2n) is 4.17. The molecule has 1 aromatic rings. The summed E-state index contributed by atoms with van der Waals surface area (Å²) in [4.78, 5) is 2.45. The molecule has 2 rings (SSSR count). The number of piperidine rings is 1. The van der Waals surface area contributed by atoms with Gasteiger partial charge in [-0.05, 0) is 53.5 Å². The van der Waals surface area contributed by atoms with Crippen LogP contribution >= 0.6 is 39.1 Å². The molecule has 1 aromatic carbocycles. The Labute approximate surface area is 115 Å². The van der Waals surface area contributed by atoms with E-state index in [0.29, 0.717) is 5.02 Å². The van der Waals surface area contributed by atoms with Crippen molar-refractivity contribution in [2.75, 3.05) is 13.1 Å². The van der Waals surface area contributed by atoms with Crippen molar-refractivity contribution in [3.63, 3.8) is 0 Å².